The largest absolute Gasteiger partial charge is 0.480 e. The number of aromatic nitrogens is 1. The van der Waals surface area contributed by atoms with Crippen molar-refractivity contribution in [3.63, 3.8) is 0 Å². The van der Waals surface area contributed by atoms with E-state index in [1.54, 1.807) is 33.9 Å². The molecule has 0 spiro atoms. The molecule has 1 aromatic heterocycles. The Hall–Kier alpha value is -5.19. The number of aliphatic hydroxyl groups is 2. The van der Waals surface area contributed by atoms with E-state index in [-0.39, 0.29) is 38.1 Å². The molecule has 1 aliphatic rings. The molecule has 16 N–H and O–H groups in total. The van der Waals surface area contributed by atoms with E-state index in [2.05, 4.69) is 36.9 Å². The number of carboxylic acid groups (broad SMARTS) is 1. The third kappa shape index (κ3) is 14.7. The Morgan fingerprint density at radius 2 is 1.50 bits per heavy atom. The van der Waals surface area contributed by atoms with Gasteiger partial charge in [-0.15, -0.1) is 0 Å². The average molecular weight is 874 g/mol. The first-order chi connectivity index (χ1) is 29.3. The van der Waals surface area contributed by atoms with Gasteiger partial charge >= 0.3 is 5.97 Å². The number of nitrogens with two attached hydrogens (primary N) is 3. The molecular weight excluding hydrogens is 807 g/mol. The lowest BCUT2D eigenvalue weighted by Gasteiger charge is -2.31. The maximum atomic E-state index is 14.4. The van der Waals surface area contributed by atoms with E-state index in [4.69, 9.17) is 17.2 Å². The lowest BCUT2D eigenvalue weighted by molar-refractivity contribution is -0.143. The van der Waals surface area contributed by atoms with Crippen LogP contribution in [0.3, 0.4) is 0 Å². The number of fused-ring (bicyclic) bond motifs is 1. The van der Waals surface area contributed by atoms with Gasteiger partial charge in [0.1, 0.15) is 42.5 Å². The number of nitrogens with one attached hydrogen (secondary N) is 7. The molecule has 9 atom stereocenters. The molecule has 21 heteroatoms. The molecule has 62 heavy (non-hydrogen) atoms. The number of aliphatic hydroxyl groups excluding tert-OH is 2. The second kappa shape index (κ2) is 24.4. The fraction of sp³-hybridized carbons (Fsp3) is 0.634. The van der Waals surface area contributed by atoms with Crippen LogP contribution in [0.5, 0.6) is 0 Å². The van der Waals surface area contributed by atoms with Crippen molar-refractivity contribution in [1.29, 1.82) is 0 Å². The van der Waals surface area contributed by atoms with Crippen LogP contribution in [0.4, 0.5) is 0 Å². The third-order valence-corrected chi connectivity index (χ3v) is 11.0. The zero-order valence-corrected chi connectivity index (χ0v) is 36.2. The van der Waals surface area contributed by atoms with Crippen molar-refractivity contribution in [3.05, 3.63) is 36.0 Å². The number of hydrogen-bond acceptors (Lipinski definition) is 13. The summed E-state index contributed by atoms with van der Waals surface area (Å²) in [6, 6.07) is -1.57. The van der Waals surface area contributed by atoms with Crippen molar-refractivity contribution in [3.8, 4) is 0 Å². The van der Waals surface area contributed by atoms with Crippen LogP contribution in [-0.4, -0.2) is 141 Å². The van der Waals surface area contributed by atoms with Gasteiger partial charge in [0.05, 0.1) is 18.8 Å². The lowest BCUT2D eigenvalue weighted by Crippen LogP contribution is -2.62. The molecule has 0 radical (unpaired) electrons. The van der Waals surface area contributed by atoms with Gasteiger partial charge in [-0.2, -0.15) is 0 Å². The second-order valence-electron chi connectivity index (χ2n) is 16.4. The molecule has 0 aliphatic carbocycles. The highest BCUT2D eigenvalue weighted by Gasteiger charge is 2.41. The average Bonchev–Trinajstić information content (AvgIpc) is 3.88. The van der Waals surface area contributed by atoms with Gasteiger partial charge in [0.25, 0.3) is 0 Å². The Kier molecular flexibility index (Phi) is 20.2. The second-order valence-corrected chi connectivity index (χ2v) is 16.4. The van der Waals surface area contributed by atoms with E-state index >= 15 is 0 Å². The third-order valence-electron chi connectivity index (χ3n) is 11.0. The molecule has 0 unspecified atom stereocenters. The summed E-state index contributed by atoms with van der Waals surface area (Å²) in [7, 11) is 0. The van der Waals surface area contributed by atoms with Crippen molar-refractivity contribution in [1.82, 2.24) is 41.8 Å². The fourth-order valence-corrected chi connectivity index (χ4v) is 7.24. The highest BCUT2D eigenvalue weighted by Crippen LogP contribution is 2.23. The number of rotatable bonds is 25. The monoisotopic (exact) mass is 874 g/mol. The van der Waals surface area contributed by atoms with Gasteiger partial charge < -0.3 is 69.0 Å². The van der Waals surface area contributed by atoms with Crippen molar-refractivity contribution in [2.75, 3.05) is 19.7 Å². The number of benzene rings is 1. The smallest absolute Gasteiger partial charge is 0.326 e. The first-order valence-electron chi connectivity index (χ1n) is 21.2. The summed E-state index contributed by atoms with van der Waals surface area (Å²) in [5.41, 5.74) is 18.8. The number of aromatic amines is 1. The minimum absolute atomic E-state index is 0.0523. The van der Waals surface area contributed by atoms with Crippen LogP contribution in [0.25, 0.3) is 10.9 Å². The van der Waals surface area contributed by atoms with Crippen LogP contribution in [-0.2, 0) is 40.0 Å². The zero-order chi connectivity index (χ0) is 46.3. The van der Waals surface area contributed by atoms with E-state index in [1.165, 1.54) is 11.8 Å². The summed E-state index contributed by atoms with van der Waals surface area (Å²) in [5, 5.41) is 46.7. The number of nitrogens with zero attached hydrogens (tertiary/aromatic N) is 1. The predicted octanol–water partition coefficient (Wildman–Crippen LogP) is -2.43. The Morgan fingerprint density at radius 1 is 0.855 bits per heavy atom. The standard InChI is InChI=1S/C41H67N11O10/c1-6-22(4)32(37(58)48-29(40(61)62)17-21(2)3)50-35(56)30(20-53)49-38(59)33(23(5)54)51-36(57)31-14-10-16-52(31)39(60)28(18-24-19-46-27-13-8-7-11-25(24)27)47-34(55)26(42)12-9-15-45-41(43)44/h7-8,11,13,19,21-23,26,28-33,41,45-46,53-54H,6,9-10,12,14-18,20,42-44H2,1-5H3,(H,47,55)(H,48,58)(H,49,59)(H,50,56)(H,51,57)(H,61,62)/t22-,23+,26-,28-,29-,30-,31-,32-,33-/m0/s1. The minimum atomic E-state index is -1.66. The number of para-hydroxylation sites is 1. The van der Waals surface area contributed by atoms with Crippen molar-refractivity contribution in [2.24, 2.45) is 29.0 Å². The molecule has 346 valence electrons. The Balaban J connectivity index is 1.77. The van der Waals surface area contributed by atoms with Gasteiger partial charge in [0.15, 0.2) is 0 Å². The molecule has 1 fully saturated rings. The van der Waals surface area contributed by atoms with Crippen molar-refractivity contribution < 1.29 is 48.9 Å². The number of aliphatic carboxylic acids is 1. The van der Waals surface area contributed by atoms with Gasteiger partial charge in [-0.05, 0) is 69.0 Å². The molecule has 0 saturated carbocycles. The topological polar surface area (TPSA) is 349 Å². The highest BCUT2D eigenvalue weighted by molar-refractivity contribution is 5.98. The van der Waals surface area contributed by atoms with E-state index in [1.807, 2.05) is 24.3 Å². The summed E-state index contributed by atoms with van der Waals surface area (Å²) in [6.07, 6.45) is 1.40. The first kappa shape index (κ1) is 51.2. The van der Waals surface area contributed by atoms with Crippen LogP contribution in [0.1, 0.15) is 78.7 Å². The van der Waals surface area contributed by atoms with Gasteiger partial charge in [-0.3, -0.25) is 34.1 Å². The minimum Gasteiger partial charge on any atom is -0.480 e. The lowest BCUT2D eigenvalue weighted by atomic mass is 9.96. The maximum absolute atomic E-state index is 14.4. The number of carbonyl (C=O) groups excluding carboxylic acids is 6. The summed E-state index contributed by atoms with van der Waals surface area (Å²) in [5.74, 6) is -6.52. The zero-order valence-electron chi connectivity index (χ0n) is 36.2. The van der Waals surface area contributed by atoms with Gasteiger partial charge in [0.2, 0.25) is 35.4 Å². The summed E-state index contributed by atoms with van der Waals surface area (Å²) >= 11 is 0. The Labute approximate surface area is 361 Å². The molecule has 1 aromatic carbocycles. The van der Waals surface area contributed by atoms with E-state index in [0.29, 0.717) is 25.8 Å². The van der Waals surface area contributed by atoms with Crippen LogP contribution < -0.4 is 49.1 Å². The number of carboxylic acids is 1. The maximum Gasteiger partial charge on any atom is 0.326 e. The SMILES string of the molecule is CC[C@H](C)[C@H](NC(=O)[C@H](CO)NC(=O)[C@@H](NC(=O)[C@@H]1CCCN1C(=O)[C@H](Cc1c[nH]c2ccccc12)NC(=O)[C@@H](N)CCCNC(N)N)[C@@H](C)O)C(=O)N[C@@H](CC(C)C)C(=O)O. The number of H-pyrrole nitrogens is 1. The quantitative estimate of drug-likeness (QED) is 0.0365. The van der Waals surface area contributed by atoms with Crippen LogP contribution in [0.2, 0.25) is 0 Å². The molecule has 1 saturated heterocycles. The number of hydrogen-bond donors (Lipinski definition) is 13. The Bertz CT molecular complexity index is 1840. The summed E-state index contributed by atoms with van der Waals surface area (Å²) < 4.78 is 0. The van der Waals surface area contributed by atoms with E-state index in [9.17, 15) is 48.9 Å². The van der Waals surface area contributed by atoms with E-state index < -0.39 is 109 Å². The molecule has 21 nitrogen and oxygen atoms in total. The molecule has 2 aromatic rings. The van der Waals surface area contributed by atoms with Gasteiger partial charge in [-0.25, -0.2) is 4.79 Å². The first-order valence-corrected chi connectivity index (χ1v) is 21.2. The molecular formula is C41H67N11O10. The van der Waals surface area contributed by atoms with Crippen LogP contribution in [0.15, 0.2) is 30.5 Å². The molecule has 0 bridgehead atoms. The predicted molar refractivity (Wildman–Crippen MR) is 229 cm³/mol. The van der Waals surface area contributed by atoms with E-state index in [0.717, 1.165) is 16.5 Å². The number of likely N-dealkylation sites (tertiary alicyclic amines) is 1. The summed E-state index contributed by atoms with van der Waals surface area (Å²) in [4.78, 5) is 98.2. The van der Waals surface area contributed by atoms with Crippen molar-refractivity contribution in [2.45, 2.75) is 134 Å². The normalized spacial score (nSPS) is 17.9. The summed E-state index contributed by atoms with van der Waals surface area (Å²) in [6.45, 7) is 7.86. The Morgan fingerprint density at radius 3 is 2.11 bits per heavy atom. The van der Waals surface area contributed by atoms with Crippen LogP contribution in [0, 0.1) is 11.8 Å². The molecule has 3 rings (SSSR count). The number of amides is 6. The van der Waals surface area contributed by atoms with Gasteiger partial charge in [-0.1, -0.05) is 52.3 Å². The fourth-order valence-electron chi connectivity index (χ4n) is 7.24. The molecule has 6 amide bonds. The van der Waals surface area contributed by atoms with Gasteiger partial charge in [0, 0.05) is 30.1 Å². The van der Waals surface area contributed by atoms with Crippen molar-refractivity contribution >= 4 is 52.3 Å². The van der Waals surface area contributed by atoms with Crippen LogP contribution >= 0.6 is 0 Å². The molecule has 2 heterocycles. The number of carbonyl (C=O) groups is 7. The highest BCUT2D eigenvalue weighted by atomic mass is 16.4. The molecule has 1 aliphatic heterocycles.